The quantitative estimate of drug-likeness (QED) is 0.302. The van der Waals surface area contributed by atoms with Crippen molar-refractivity contribution >= 4 is 28.6 Å². The molecule has 1 saturated heterocycles. The monoisotopic (exact) mass is 490 g/mol. The highest BCUT2D eigenvalue weighted by Crippen LogP contribution is 2.35. The number of nitrogens with zero attached hydrogens (tertiary/aromatic N) is 4. The first kappa shape index (κ1) is 23.6. The average molecular weight is 491 g/mol. The summed E-state index contributed by atoms with van der Waals surface area (Å²) in [4.78, 5) is 36.2. The van der Waals surface area contributed by atoms with Crippen molar-refractivity contribution in [2.24, 2.45) is 4.99 Å². The molecule has 5 rings (SSSR count). The molecule has 1 atom stereocenters. The van der Waals surface area contributed by atoms with Crippen LogP contribution in [-0.4, -0.2) is 51.4 Å². The summed E-state index contributed by atoms with van der Waals surface area (Å²) in [6.07, 6.45) is 6.24. The lowest BCUT2D eigenvalue weighted by Crippen LogP contribution is -2.21. The van der Waals surface area contributed by atoms with Gasteiger partial charge in [-0.2, -0.15) is 0 Å². The first-order valence-corrected chi connectivity index (χ1v) is 11.8. The van der Waals surface area contributed by atoms with E-state index in [9.17, 15) is 4.79 Å². The van der Waals surface area contributed by atoms with E-state index in [2.05, 4.69) is 35.2 Å². The molecule has 10 nitrogen and oxygen atoms in total. The number of fused-ring (bicyclic) bond motifs is 1. The molecule has 1 fully saturated rings. The van der Waals surface area contributed by atoms with E-state index in [0.717, 1.165) is 12.8 Å². The van der Waals surface area contributed by atoms with Crippen molar-refractivity contribution in [1.82, 2.24) is 24.9 Å². The molecule has 186 valence electrons. The molecule has 1 aliphatic heterocycles. The van der Waals surface area contributed by atoms with Gasteiger partial charge >= 0.3 is 0 Å². The molecule has 1 aliphatic rings. The zero-order valence-electron chi connectivity index (χ0n) is 20.0. The summed E-state index contributed by atoms with van der Waals surface area (Å²) in [5, 5.41) is 3.26. The maximum absolute atomic E-state index is 15.6. The smallest absolute Gasteiger partial charge is 0.261 e. The van der Waals surface area contributed by atoms with Gasteiger partial charge in [-0.25, -0.2) is 19.3 Å². The minimum absolute atomic E-state index is 0.0684. The van der Waals surface area contributed by atoms with E-state index in [1.54, 1.807) is 37.6 Å². The third-order valence-electron chi connectivity index (χ3n) is 6.40. The Balaban J connectivity index is 1.63. The summed E-state index contributed by atoms with van der Waals surface area (Å²) in [7, 11) is 1.58. The highest BCUT2D eigenvalue weighted by atomic mass is 19.1. The number of nitrogens with two attached hydrogens (primary N) is 1. The van der Waals surface area contributed by atoms with Gasteiger partial charge in [0.2, 0.25) is 0 Å². The highest BCUT2D eigenvalue weighted by Gasteiger charge is 2.25. The predicted octanol–water partition coefficient (Wildman–Crippen LogP) is 3.55. The van der Waals surface area contributed by atoms with Crippen LogP contribution in [0.2, 0.25) is 0 Å². The lowest BCUT2D eigenvalue weighted by molar-refractivity contribution is 0.0847. The fraction of sp³-hybridized carbons (Fsp3) is 0.320. The maximum Gasteiger partial charge on any atom is 0.261 e. The van der Waals surface area contributed by atoms with Crippen LogP contribution >= 0.6 is 0 Å². The Morgan fingerprint density at radius 3 is 2.72 bits per heavy atom. The number of H-pyrrole nitrogens is 2. The Bertz CT molecular complexity index is 1480. The van der Waals surface area contributed by atoms with Crippen LogP contribution in [0.25, 0.3) is 22.4 Å². The van der Waals surface area contributed by atoms with Gasteiger partial charge in [-0.15, -0.1) is 0 Å². The number of anilines is 2. The number of ether oxygens (including phenoxy) is 1. The number of hydrogen-bond donors (Lipinski definition) is 4. The van der Waals surface area contributed by atoms with Crippen LogP contribution in [0, 0.1) is 5.82 Å². The van der Waals surface area contributed by atoms with Crippen molar-refractivity contribution in [3.63, 3.8) is 0 Å². The van der Waals surface area contributed by atoms with Gasteiger partial charge in [0.25, 0.3) is 5.56 Å². The second-order valence-electron chi connectivity index (χ2n) is 8.73. The Morgan fingerprint density at radius 1 is 1.25 bits per heavy atom. The molecule has 1 aromatic carbocycles. The van der Waals surface area contributed by atoms with Crippen molar-refractivity contribution in [2.45, 2.75) is 31.7 Å². The second-order valence-corrected chi connectivity index (χ2v) is 8.73. The molecular weight excluding hydrogens is 463 g/mol. The van der Waals surface area contributed by atoms with Gasteiger partial charge in [-0.05, 0) is 43.4 Å². The summed E-state index contributed by atoms with van der Waals surface area (Å²) >= 11 is 0. The van der Waals surface area contributed by atoms with E-state index in [1.807, 2.05) is 6.92 Å². The number of halogens is 1. The molecule has 0 bridgehead atoms. The first-order chi connectivity index (χ1) is 17.5. The van der Waals surface area contributed by atoms with E-state index < -0.39 is 5.56 Å². The standard InChI is InChI=1S/C25H27FN8O2/c1-13(23-29-8-3-9-30-23)31-22-18(25(35)33-17(12-28-2)20(22)27)24-32-16-5-4-15(19(26)21(16)34-24)14-6-10-36-11-7-14/h3-5,8-9,12-14H,6-7,10-11,27H2,1-2H3,(H,32,34)(H2,31,33,35). The summed E-state index contributed by atoms with van der Waals surface area (Å²) < 4.78 is 21.0. The minimum atomic E-state index is -0.452. The Morgan fingerprint density at radius 2 is 2.00 bits per heavy atom. The number of aromatic nitrogens is 5. The van der Waals surface area contributed by atoms with E-state index in [4.69, 9.17) is 10.5 Å². The fourth-order valence-electron chi connectivity index (χ4n) is 4.56. The van der Waals surface area contributed by atoms with Gasteiger partial charge in [-0.1, -0.05) is 6.07 Å². The minimum Gasteiger partial charge on any atom is -0.395 e. The molecule has 1 unspecified atom stereocenters. The topological polar surface area (TPSA) is 147 Å². The summed E-state index contributed by atoms with van der Waals surface area (Å²) in [6.45, 7) is 3.06. The van der Waals surface area contributed by atoms with Crippen molar-refractivity contribution in [3.05, 3.63) is 63.8 Å². The van der Waals surface area contributed by atoms with Crippen molar-refractivity contribution in [3.8, 4) is 11.4 Å². The third-order valence-corrected chi connectivity index (χ3v) is 6.40. The number of nitrogens with one attached hydrogen (secondary N) is 3. The second kappa shape index (κ2) is 9.86. The highest BCUT2D eigenvalue weighted by molar-refractivity contribution is 5.95. The van der Waals surface area contributed by atoms with Crippen molar-refractivity contribution < 1.29 is 9.13 Å². The summed E-state index contributed by atoms with van der Waals surface area (Å²) in [5.41, 5.74) is 8.38. The van der Waals surface area contributed by atoms with Crippen LogP contribution in [0.3, 0.4) is 0 Å². The van der Waals surface area contributed by atoms with E-state index >= 15 is 4.39 Å². The van der Waals surface area contributed by atoms with Crippen molar-refractivity contribution in [2.75, 3.05) is 31.3 Å². The first-order valence-electron chi connectivity index (χ1n) is 11.8. The number of rotatable bonds is 6. The number of aliphatic imine (C=N–C) groups is 1. The molecule has 0 radical (unpaired) electrons. The number of hydrogen-bond acceptors (Lipinski definition) is 8. The van der Waals surface area contributed by atoms with Crippen LogP contribution < -0.4 is 16.6 Å². The number of imidazole rings is 1. The molecule has 4 aromatic rings. The van der Waals surface area contributed by atoms with Gasteiger partial charge < -0.3 is 25.8 Å². The van der Waals surface area contributed by atoms with Crippen LogP contribution in [0.5, 0.6) is 0 Å². The van der Waals surface area contributed by atoms with Gasteiger partial charge in [-0.3, -0.25) is 9.79 Å². The van der Waals surface area contributed by atoms with Gasteiger partial charge in [0.15, 0.2) is 5.82 Å². The molecule has 36 heavy (non-hydrogen) atoms. The molecule has 0 spiro atoms. The molecule has 11 heteroatoms. The van der Waals surface area contributed by atoms with E-state index in [0.29, 0.717) is 41.5 Å². The average Bonchev–Trinajstić information content (AvgIpc) is 3.33. The Hall–Kier alpha value is -4.12. The Labute approximate surface area is 206 Å². The fourth-order valence-corrected chi connectivity index (χ4v) is 4.56. The zero-order chi connectivity index (χ0) is 25.2. The lowest BCUT2D eigenvalue weighted by atomic mass is 9.91. The molecule has 0 amide bonds. The van der Waals surface area contributed by atoms with Crippen LogP contribution in [-0.2, 0) is 4.74 Å². The molecular formula is C25H27FN8O2. The van der Waals surface area contributed by atoms with Crippen LogP contribution in [0.4, 0.5) is 15.8 Å². The number of nitrogen functional groups attached to an aromatic ring is 1. The van der Waals surface area contributed by atoms with Gasteiger partial charge in [0.05, 0.1) is 28.6 Å². The summed E-state index contributed by atoms with van der Waals surface area (Å²) in [6, 6.07) is 4.91. The summed E-state index contributed by atoms with van der Waals surface area (Å²) in [5.74, 6) is 0.399. The predicted molar refractivity (Wildman–Crippen MR) is 137 cm³/mol. The van der Waals surface area contributed by atoms with Gasteiger partial charge in [0.1, 0.15) is 22.7 Å². The molecule has 4 heterocycles. The lowest BCUT2D eigenvalue weighted by Gasteiger charge is -2.22. The molecule has 5 N–H and O–H groups in total. The molecule has 0 saturated carbocycles. The largest absolute Gasteiger partial charge is 0.395 e. The maximum atomic E-state index is 15.6. The third kappa shape index (κ3) is 4.33. The zero-order valence-corrected chi connectivity index (χ0v) is 20.0. The van der Waals surface area contributed by atoms with Crippen LogP contribution in [0.15, 0.2) is 40.4 Å². The Kier molecular flexibility index (Phi) is 6.47. The van der Waals surface area contributed by atoms with Crippen LogP contribution in [0.1, 0.15) is 48.8 Å². The number of benzene rings is 1. The number of aromatic amines is 2. The van der Waals surface area contributed by atoms with Crippen molar-refractivity contribution in [1.29, 1.82) is 0 Å². The van der Waals surface area contributed by atoms with E-state index in [1.165, 1.54) is 6.21 Å². The normalized spacial score (nSPS) is 15.5. The van der Waals surface area contributed by atoms with Gasteiger partial charge in [0, 0.05) is 38.9 Å². The van der Waals surface area contributed by atoms with E-state index in [-0.39, 0.29) is 40.4 Å². The number of pyridine rings is 1. The molecule has 3 aromatic heterocycles. The molecule has 0 aliphatic carbocycles. The SMILES string of the molecule is CN=Cc1[nH]c(=O)c(-c2nc3c(F)c(C4CCOCC4)ccc3[nH]2)c(NC(C)c2ncccn2)c1N.